The summed E-state index contributed by atoms with van der Waals surface area (Å²) >= 11 is 0. The van der Waals surface area contributed by atoms with Gasteiger partial charge in [-0.25, -0.2) is 0 Å². The lowest BCUT2D eigenvalue weighted by molar-refractivity contribution is 0.118. The summed E-state index contributed by atoms with van der Waals surface area (Å²) < 4.78 is 0. The van der Waals surface area contributed by atoms with Crippen molar-refractivity contribution in [1.29, 1.82) is 0 Å². The van der Waals surface area contributed by atoms with Crippen molar-refractivity contribution in [3.8, 4) is 0 Å². The summed E-state index contributed by atoms with van der Waals surface area (Å²) in [5, 5.41) is 13.8. The van der Waals surface area contributed by atoms with Crippen molar-refractivity contribution in [3.63, 3.8) is 0 Å². The van der Waals surface area contributed by atoms with E-state index in [2.05, 4.69) is 47.8 Å². The van der Waals surface area contributed by atoms with Crippen LogP contribution in [0.1, 0.15) is 28.7 Å². The highest BCUT2D eigenvalue weighted by molar-refractivity contribution is 5.41. The maximum absolute atomic E-state index is 10.6. The summed E-state index contributed by atoms with van der Waals surface area (Å²) in [5.74, 6) is 0.177. The highest BCUT2D eigenvalue weighted by Gasteiger charge is 2.38. The molecule has 0 aliphatic heterocycles. The number of hydrogen-bond acceptors (Lipinski definition) is 2. The normalized spacial score (nSPS) is 25.3. The second-order valence-electron chi connectivity index (χ2n) is 5.18. The Kier molecular flexibility index (Phi) is 3.36. The van der Waals surface area contributed by atoms with Crippen LogP contribution in [-0.4, -0.2) is 18.3 Å². The Balaban J connectivity index is 1.94. The SMILES string of the molecule is CN[C@@H]1c2ccccc2[C@H](Cc2ccccc2)C1O. The van der Waals surface area contributed by atoms with Crippen molar-refractivity contribution in [3.05, 3.63) is 71.3 Å². The average Bonchev–Trinajstić information content (AvgIpc) is 2.73. The first-order valence-corrected chi connectivity index (χ1v) is 6.79. The Bertz CT molecular complexity index is 552. The standard InChI is InChI=1S/C17H19NO/c1-18-16-14-10-6-5-9-13(14)15(17(16)19)11-12-7-3-2-4-8-12/h2-10,15-19H,11H2,1H3/t15-,16+,17?/m0/s1. The lowest BCUT2D eigenvalue weighted by Gasteiger charge is -2.20. The summed E-state index contributed by atoms with van der Waals surface area (Å²) in [5.41, 5.74) is 3.79. The molecule has 2 nitrogen and oxygen atoms in total. The number of aliphatic hydroxyl groups excluding tert-OH is 1. The van der Waals surface area contributed by atoms with Gasteiger partial charge in [0.25, 0.3) is 0 Å². The molecule has 2 heteroatoms. The summed E-state index contributed by atoms with van der Waals surface area (Å²) in [4.78, 5) is 0. The molecule has 1 aliphatic rings. The Labute approximate surface area is 114 Å². The van der Waals surface area contributed by atoms with Gasteiger partial charge in [-0.2, -0.15) is 0 Å². The van der Waals surface area contributed by atoms with E-state index in [1.807, 2.05) is 19.2 Å². The van der Waals surface area contributed by atoms with E-state index in [1.165, 1.54) is 16.7 Å². The number of benzene rings is 2. The third-order valence-corrected chi connectivity index (χ3v) is 4.09. The van der Waals surface area contributed by atoms with Crippen LogP contribution in [0.3, 0.4) is 0 Å². The fourth-order valence-corrected chi connectivity index (χ4v) is 3.16. The summed E-state index contributed by atoms with van der Waals surface area (Å²) in [6.45, 7) is 0. The second-order valence-corrected chi connectivity index (χ2v) is 5.18. The summed E-state index contributed by atoms with van der Waals surface area (Å²) in [7, 11) is 1.91. The van der Waals surface area contributed by atoms with Gasteiger partial charge in [0.15, 0.2) is 0 Å². The highest BCUT2D eigenvalue weighted by atomic mass is 16.3. The van der Waals surface area contributed by atoms with Gasteiger partial charge in [0.2, 0.25) is 0 Å². The van der Waals surface area contributed by atoms with Crippen molar-refractivity contribution >= 4 is 0 Å². The fraction of sp³-hybridized carbons (Fsp3) is 0.294. The van der Waals surface area contributed by atoms with E-state index in [-0.39, 0.29) is 18.1 Å². The van der Waals surface area contributed by atoms with E-state index >= 15 is 0 Å². The van der Waals surface area contributed by atoms with Crippen LogP contribution in [0.2, 0.25) is 0 Å². The molecule has 0 spiro atoms. The zero-order valence-electron chi connectivity index (χ0n) is 11.1. The molecule has 2 aromatic rings. The van der Waals surface area contributed by atoms with Crippen molar-refractivity contribution in [1.82, 2.24) is 5.32 Å². The third-order valence-electron chi connectivity index (χ3n) is 4.09. The molecule has 3 atom stereocenters. The van der Waals surface area contributed by atoms with Crippen LogP contribution in [0.25, 0.3) is 0 Å². The lowest BCUT2D eigenvalue weighted by atomic mass is 9.92. The molecule has 0 saturated heterocycles. The third kappa shape index (κ3) is 2.18. The van der Waals surface area contributed by atoms with Gasteiger partial charge >= 0.3 is 0 Å². The molecular weight excluding hydrogens is 234 g/mol. The Hall–Kier alpha value is -1.64. The molecule has 0 saturated carbocycles. The van der Waals surface area contributed by atoms with Gasteiger partial charge in [-0.05, 0) is 30.2 Å². The molecular formula is C17H19NO. The quantitative estimate of drug-likeness (QED) is 0.881. The van der Waals surface area contributed by atoms with Crippen molar-refractivity contribution < 1.29 is 5.11 Å². The zero-order valence-corrected chi connectivity index (χ0v) is 11.1. The first-order valence-electron chi connectivity index (χ1n) is 6.79. The maximum atomic E-state index is 10.6. The molecule has 98 valence electrons. The summed E-state index contributed by atoms with van der Waals surface area (Å²) in [6, 6.07) is 18.8. The molecule has 1 unspecified atom stereocenters. The molecule has 19 heavy (non-hydrogen) atoms. The van der Waals surface area contributed by atoms with Crippen LogP contribution in [0.5, 0.6) is 0 Å². The molecule has 0 aromatic heterocycles. The van der Waals surface area contributed by atoms with E-state index in [9.17, 15) is 5.11 Å². The van der Waals surface area contributed by atoms with Crippen LogP contribution in [0.4, 0.5) is 0 Å². The molecule has 0 bridgehead atoms. The number of rotatable bonds is 3. The highest BCUT2D eigenvalue weighted by Crippen LogP contribution is 2.41. The number of nitrogens with one attached hydrogen (secondary N) is 1. The Morgan fingerprint density at radius 2 is 1.58 bits per heavy atom. The molecule has 1 aliphatic carbocycles. The summed E-state index contributed by atoms with van der Waals surface area (Å²) in [6.07, 6.45) is 0.527. The molecule has 2 N–H and O–H groups in total. The minimum Gasteiger partial charge on any atom is -0.390 e. The Morgan fingerprint density at radius 1 is 0.947 bits per heavy atom. The second kappa shape index (κ2) is 5.16. The maximum Gasteiger partial charge on any atom is 0.0806 e. The number of likely N-dealkylation sites (N-methyl/N-ethyl adjacent to an activating group) is 1. The smallest absolute Gasteiger partial charge is 0.0806 e. The van der Waals surface area contributed by atoms with Gasteiger partial charge in [0.1, 0.15) is 0 Å². The van der Waals surface area contributed by atoms with E-state index < -0.39 is 0 Å². The van der Waals surface area contributed by atoms with Gasteiger partial charge in [0, 0.05) is 5.92 Å². The van der Waals surface area contributed by atoms with Gasteiger partial charge in [0.05, 0.1) is 12.1 Å². The first kappa shape index (κ1) is 12.4. The largest absolute Gasteiger partial charge is 0.390 e. The van der Waals surface area contributed by atoms with Gasteiger partial charge in [-0.3, -0.25) is 0 Å². The zero-order chi connectivity index (χ0) is 13.2. The predicted octanol–water partition coefficient (Wildman–Crippen LogP) is 2.65. The minimum absolute atomic E-state index is 0.0462. The molecule has 0 radical (unpaired) electrons. The van der Waals surface area contributed by atoms with E-state index in [0.717, 1.165) is 6.42 Å². The first-order chi connectivity index (χ1) is 9.31. The van der Waals surface area contributed by atoms with Gasteiger partial charge < -0.3 is 10.4 Å². The van der Waals surface area contributed by atoms with Gasteiger partial charge in [-0.1, -0.05) is 54.6 Å². The van der Waals surface area contributed by atoms with Crippen molar-refractivity contribution in [2.75, 3.05) is 7.05 Å². The van der Waals surface area contributed by atoms with E-state index in [4.69, 9.17) is 0 Å². The number of hydrogen-bond donors (Lipinski definition) is 2. The molecule has 0 amide bonds. The minimum atomic E-state index is -0.359. The molecule has 0 heterocycles. The lowest BCUT2D eigenvalue weighted by Crippen LogP contribution is -2.28. The van der Waals surface area contributed by atoms with Crippen LogP contribution in [-0.2, 0) is 6.42 Å². The fourth-order valence-electron chi connectivity index (χ4n) is 3.16. The number of fused-ring (bicyclic) bond motifs is 1. The van der Waals surface area contributed by atoms with Crippen LogP contribution < -0.4 is 5.32 Å². The van der Waals surface area contributed by atoms with E-state index in [0.29, 0.717) is 0 Å². The van der Waals surface area contributed by atoms with Crippen LogP contribution >= 0.6 is 0 Å². The van der Waals surface area contributed by atoms with E-state index in [1.54, 1.807) is 0 Å². The molecule has 3 rings (SSSR count). The van der Waals surface area contributed by atoms with Crippen molar-refractivity contribution in [2.24, 2.45) is 0 Å². The Morgan fingerprint density at radius 3 is 2.26 bits per heavy atom. The average molecular weight is 253 g/mol. The van der Waals surface area contributed by atoms with Crippen LogP contribution in [0.15, 0.2) is 54.6 Å². The van der Waals surface area contributed by atoms with Crippen molar-refractivity contribution in [2.45, 2.75) is 24.5 Å². The monoisotopic (exact) mass is 253 g/mol. The topological polar surface area (TPSA) is 32.3 Å². The van der Waals surface area contributed by atoms with Crippen LogP contribution in [0, 0.1) is 0 Å². The number of aliphatic hydroxyl groups is 1. The molecule has 2 aromatic carbocycles. The molecule has 0 fully saturated rings. The van der Waals surface area contributed by atoms with Gasteiger partial charge in [-0.15, -0.1) is 0 Å². The predicted molar refractivity (Wildman–Crippen MR) is 77.1 cm³/mol.